The number of hydrogen-bond donors (Lipinski definition) is 1. The Kier molecular flexibility index (Phi) is 8.25. The Morgan fingerprint density at radius 3 is 2.58 bits per heavy atom. The van der Waals surface area contributed by atoms with Crippen LogP contribution in [0.4, 0.5) is 0 Å². The molecule has 1 rings (SSSR count). The van der Waals surface area contributed by atoms with Crippen LogP contribution in [0.15, 0.2) is 30.3 Å². The molecule has 2 unspecified atom stereocenters. The number of rotatable bonds is 8. The van der Waals surface area contributed by atoms with Crippen LogP contribution in [-0.2, 0) is 37.2 Å². The van der Waals surface area contributed by atoms with Crippen molar-refractivity contribution in [3.63, 3.8) is 0 Å². The van der Waals surface area contributed by atoms with Gasteiger partial charge in [0.2, 0.25) is 0 Å². The third-order valence-corrected chi connectivity index (χ3v) is 10.2. The molecule has 19 heavy (non-hydrogen) atoms. The molecule has 0 aromatic heterocycles. The van der Waals surface area contributed by atoms with Gasteiger partial charge in [0.15, 0.2) is 0 Å². The number of aliphatic hydroxyl groups is 1. The fraction of sp³-hybridized carbons (Fsp3) is 0.500. The molecular formula is C14H20HgO4. The van der Waals surface area contributed by atoms with Crippen LogP contribution < -0.4 is 0 Å². The van der Waals surface area contributed by atoms with Gasteiger partial charge >= 0.3 is 127 Å². The number of aliphatic hydroxyl groups excluding tert-OH is 1. The van der Waals surface area contributed by atoms with Gasteiger partial charge in [-0.3, -0.25) is 0 Å². The fourth-order valence-electron chi connectivity index (χ4n) is 2.14. The predicted octanol–water partition coefficient (Wildman–Crippen LogP) is 2.50. The third-order valence-electron chi connectivity index (χ3n) is 3.04. The number of carbonyl (C=O) groups excluding carboxylic acids is 1. The second-order valence-corrected chi connectivity index (χ2v) is 11.0. The number of ether oxygens (including phenoxy) is 1. The molecule has 0 radical (unpaired) electrons. The molecule has 0 aliphatic carbocycles. The molecule has 5 heteroatoms. The SMILES string of the molecule is COC(c1ccccc1)[CH](CCCO)[Hg][O]C(C)=O. The van der Waals surface area contributed by atoms with Gasteiger partial charge in [0.1, 0.15) is 0 Å². The zero-order chi connectivity index (χ0) is 14.1. The van der Waals surface area contributed by atoms with Crippen molar-refractivity contribution in [1.82, 2.24) is 0 Å². The van der Waals surface area contributed by atoms with E-state index < -0.39 is 25.0 Å². The summed E-state index contributed by atoms with van der Waals surface area (Å²) in [7, 11) is 1.69. The molecule has 1 N–H and O–H groups in total. The summed E-state index contributed by atoms with van der Waals surface area (Å²) in [6.45, 7) is 1.61. The molecule has 1 aromatic carbocycles. The van der Waals surface area contributed by atoms with Crippen LogP contribution in [0.3, 0.4) is 0 Å². The summed E-state index contributed by atoms with van der Waals surface area (Å²) in [5.74, 6) is -0.196. The van der Waals surface area contributed by atoms with Crippen LogP contribution in [0, 0.1) is 0 Å². The second kappa shape index (κ2) is 9.45. The first kappa shape index (κ1) is 16.6. The van der Waals surface area contributed by atoms with Crippen molar-refractivity contribution < 1.29 is 42.3 Å². The molecule has 0 saturated heterocycles. The quantitative estimate of drug-likeness (QED) is 0.616. The van der Waals surface area contributed by atoms with Gasteiger partial charge in [-0.05, 0) is 0 Å². The normalized spacial score (nSPS) is 13.4. The molecule has 2 atom stereocenters. The first-order valence-electron chi connectivity index (χ1n) is 6.51. The Bertz CT molecular complexity index is 369. The average molecular weight is 453 g/mol. The molecule has 0 aliphatic heterocycles. The maximum absolute atomic E-state index is 11.0. The van der Waals surface area contributed by atoms with E-state index in [9.17, 15) is 4.79 Å². The molecule has 0 fully saturated rings. The summed E-state index contributed by atoms with van der Waals surface area (Å²) >= 11 is -1.83. The number of methoxy groups -OCH3 is 1. The van der Waals surface area contributed by atoms with E-state index >= 15 is 0 Å². The summed E-state index contributed by atoms with van der Waals surface area (Å²) < 4.78 is 11.2. The standard InChI is InChI=1S/C12H17O2.C2H4O2.Hg/c1-14-12(9-5-6-10-13)11-7-3-2-4-8-11;1-2(3)4;/h2-4,7-9,12-13H,5-6,10H2,1H3;1H3,(H,3,4);/q;;+1/p-1. The van der Waals surface area contributed by atoms with Crippen molar-refractivity contribution >= 4 is 5.97 Å². The zero-order valence-corrected chi connectivity index (χ0v) is 17.0. The Labute approximate surface area is 127 Å². The predicted molar refractivity (Wildman–Crippen MR) is 68.0 cm³/mol. The van der Waals surface area contributed by atoms with Crippen LogP contribution in [0.2, 0.25) is 3.43 Å². The summed E-state index contributed by atoms with van der Waals surface area (Å²) in [6, 6.07) is 9.99. The maximum atomic E-state index is 11.0. The Morgan fingerprint density at radius 1 is 1.37 bits per heavy atom. The monoisotopic (exact) mass is 454 g/mol. The van der Waals surface area contributed by atoms with Crippen LogP contribution in [0.25, 0.3) is 0 Å². The topological polar surface area (TPSA) is 55.8 Å². The Morgan fingerprint density at radius 2 is 2.05 bits per heavy atom. The van der Waals surface area contributed by atoms with E-state index in [1.807, 2.05) is 30.3 Å². The molecule has 102 valence electrons. The Balaban J connectivity index is 2.76. The van der Waals surface area contributed by atoms with E-state index in [4.69, 9.17) is 12.5 Å². The number of carbonyl (C=O) groups is 1. The van der Waals surface area contributed by atoms with Crippen LogP contribution in [0.5, 0.6) is 0 Å². The van der Waals surface area contributed by atoms with Gasteiger partial charge in [-0.2, -0.15) is 0 Å². The fourth-order valence-corrected chi connectivity index (χ4v) is 8.14. The van der Waals surface area contributed by atoms with Crippen molar-refractivity contribution in [2.75, 3.05) is 13.7 Å². The van der Waals surface area contributed by atoms with Gasteiger partial charge in [0.25, 0.3) is 0 Å². The molecule has 1 aromatic rings. The van der Waals surface area contributed by atoms with Crippen LogP contribution in [0.1, 0.15) is 31.4 Å². The molecule has 0 spiro atoms. The van der Waals surface area contributed by atoms with Crippen molar-refractivity contribution in [2.45, 2.75) is 29.3 Å². The molecular weight excluding hydrogens is 433 g/mol. The van der Waals surface area contributed by atoms with E-state index in [0.717, 1.165) is 18.4 Å². The van der Waals surface area contributed by atoms with Crippen molar-refractivity contribution in [3.8, 4) is 0 Å². The van der Waals surface area contributed by atoms with Gasteiger partial charge in [-0.1, -0.05) is 0 Å². The van der Waals surface area contributed by atoms with Crippen LogP contribution >= 0.6 is 0 Å². The minimum atomic E-state index is -1.83. The Hall–Kier alpha value is -0.455. The van der Waals surface area contributed by atoms with Gasteiger partial charge in [-0.15, -0.1) is 0 Å². The van der Waals surface area contributed by atoms with Crippen LogP contribution in [-0.4, -0.2) is 24.8 Å². The first-order valence-corrected chi connectivity index (χ1v) is 11.9. The van der Waals surface area contributed by atoms with Crippen molar-refractivity contribution in [2.24, 2.45) is 0 Å². The van der Waals surface area contributed by atoms with E-state index in [1.165, 1.54) is 6.92 Å². The first-order chi connectivity index (χ1) is 9.19. The molecule has 0 amide bonds. The second-order valence-electron chi connectivity index (χ2n) is 4.50. The summed E-state index contributed by atoms with van der Waals surface area (Å²) in [6.07, 6.45) is 1.53. The molecule has 0 aliphatic rings. The minimum absolute atomic E-state index is 0.0335. The molecule has 4 nitrogen and oxygen atoms in total. The summed E-state index contributed by atoms with van der Waals surface area (Å²) in [5.41, 5.74) is 1.11. The van der Waals surface area contributed by atoms with Crippen molar-refractivity contribution in [3.05, 3.63) is 35.9 Å². The number of hydrogen-bond acceptors (Lipinski definition) is 4. The van der Waals surface area contributed by atoms with E-state index in [2.05, 4.69) is 0 Å². The molecule has 0 heterocycles. The number of benzene rings is 1. The zero-order valence-electron chi connectivity index (χ0n) is 11.5. The van der Waals surface area contributed by atoms with E-state index in [-0.39, 0.29) is 22.1 Å². The molecule has 0 bridgehead atoms. The average Bonchev–Trinajstić information content (AvgIpc) is 2.43. The van der Waals surface area contributed by atoms with Gasteiger partial charge in [-0.25, -0.2) is 0 Å². The van der Waals surface area contributed by atoms with E-state index in [0.29, 0.717) is 0 Å². The van der Waals surface area contributed by atoms with Gasteiger partial charge in [0.05, 0.1) is 0 Å². The summed E-state index contributed by atoms with van der Waals surface area (Å²) in [5, 5.41) is 8.99. The van der Waals surface area contributed by atoms with Gasteiger partial charge in [0, 0.05) is 0 Å². The molecule has 0 saturated carbocycles. The van der Waals surface area contributed by atoms with E-state index in [1.54, 1.807) is 7.11 Å². The summed E-state index contributed by atoms with van der Waals surface area (Å²) in [4.78, 5) is 11.0. The third kappa shape index (κ3) is 6.02. The van der Waals surface area contributed by atoms with Gasteiger partial charge < -0.3 is 0 Å². The van der Waals surface area contributed by atoms with Crippen molar-refractivity contribution in [1.29, 1.82) is 0 Å².